The van der Waals surface area contributed by atoms with E-state index in [1.165, 1.54) is 16.7 Å². The van der Waals surface area contributed by atoms with Crippen LogP contribution in [0.4, 0.5) is 0 Å². The smallest absolute Gasteiger partial charge is 0.136 e. The monoisotopic (exact) mass is 357 g/mol. The Balaban J connectivity index is 1.62. The van der Waals surface area contributed by atoms with Crippen LogP contribution >= 0.6 is 0 Å². The molecule has 27 heavy (non-hydrogen) atoms. The summed E-state index contributed by atoms with van der Waals surface area (Å²) < 4.78 is 8.22. The van der Waals surface area contributed by atoms with E-state index >= 15 is 0 Å². The quantitative estimate of drug-likeness (QED) is 0.497. The topological polar surface area (TPSA) is 39.9 Å². The van der Waals surface area contributed by atoms with Gasteiger partial charge in [-0.05, 0) is 54.8 Å². The van der Waals surface area contributed by atoms with Crippen molar-refractivity contribution in [1.29, 1.82) is 0 Å². The normalized spacial score (nSPS) is 11.2. The van der Waals surface area contributed by atoms with Crippen molar-refractivity contribution < 1.29 is 4.74 Å². The number of pyridine rings is 1. The summed E-state index contributed by atoms with van der Waals surface area (Å²) in [4.78, 5) is 8.86. The molecular weight excluding hydrogens is 334 g/mol. The number of imidazole rings is 1. The van der Waals surface area contributed by atoms with Crippen LogP contribution in [0.15, 0.2) is 67.0 Å². The van der Waals surface area contributed by atoms with Gasteiger partial charge in [0.15, 0.2) is 0 Å². The first kappa shape index (κ1) is 17.4. The lowest BCUT2D eigenvalue weighted by atomic mass is 10.1. The molecule has 0 saturated heterocycles. The predicted octanol–water partition coefficient (Wildman–Crippen LogP) is 4.81. The number of ether oxygens (including phenoxy) is 1. The Morgan fingerprint density at radius 1 is 0.926 bits per heavy atom. The fraction of sp³-hybridized carbons (Fsp3) is 0.217. The highest BCUT2D eigenvalue weighted by Gasteiger charge is 2.12. The Labute approximate surface area is 159 Å². The molecule has 4 aromatic rings. The fourth-order valence-corrected chi connectivity index (χ4v) is 3.29. The third kappa shape index (κ3) is 3.91. The van der Waals surface area contributed by atoms with Gasteiger partial charge in [-0.2, -0.15) is 0 Å². The van der Waals surface area contributed by atoms with Gasteiger partial charge in [-0.3, -0.25) is 4.98 Å². The molecule has 0 unspecified atom stereocenters. The Hall–Kier alpha value is -2.98. The molecule has 136 valence electrons. The first-order chi connectivity index (χ1) is 13.2. The minimum atomic E-state index is 0.474. The molecule has 0 bridgehead atoms. The van der Waals surface area contributed by atoms with Gasteiger partial charge in [0.25, 0.3) is 0 Å². The SMILES string of the molecule is Cc1ccc(C)c(Cn2c(COCc3ccncc3)nc3ccccc32)c1. The van der Waals surface area contributed by atoms with E-state index in [2.05, 4.69) is 59.8 Å². The predicted molar refractivity (Wildman–Crippen MR) is 107 cm³/mol. The van der Waals surface area contributed by atoms with Crippen molar-refractivity contribution in [3.8, 4) is 0 Å². The second-order valence-corrected chi connectivity index (χ2v) is 6.88. The molecule has 0 aliphatic heterocycles. The lowest BCUT2D eigenvalue weighted by molar-refractivity contribution is 0.0998. The van der Waals surface area contributed by atoms with E-state index in [1.54, 1.807) is 12.4 Å². The van der Waals surface area contributed by atoms with E-state index in [4.69, 9.17) is 9.72 Å². The van der Waals surface area contributed by atoms with Crippen molar-refractivity contribution in [2.75, 3.05) is 0 Å². The van der Waals surface area contributed by atoms with Gasteiger partial charge in [0.2, 0.25) is 0 Å². The maximum atomic E-state index is 5.96. The van der Waals surface area contributed by atoms with Crippen molar-refractivity contribution in [3.63, 3.8) is 0 Å². The molecule has 4 heteroatoms. The van der Waals surface area contributed by atoms with E-state index in [0.717, 1.165) is 29.0 Å². The zero-order chi connectivity index (χ0) is 18.6. The van der Waals surface area contributed by atoms with Crippen LogP contribution in [0.1, 0.15) is 28.1 Å². The molecule has 2 heterocycles. The lowest BCUT2D eigenvalue weighted by Crippen LogP contribution is -2.08. The lowest BCUT2D eigenvalue weighted by Gasteiger charge is -2.13. The first-order valence-corrected chi connectivity index (χ1v) is 9.17. The Morgan fingerprint density at radius 3 is 2.59 bits per heavy atom. The molecule has 0 saturated carbocycles. The van der Waals surface area contributed by atoms with Crippen LogP contribution in [0.25, 0.3) is 11.0 Å². The number of para-hydroxylation sites is 2. The average molecular weight is 357 g/mol. The van der Waals surface area contributed by atoms with Crippen LogP contribution in [-0.4, -0.2) is 14.5 Å². The number of aryl methyl sites for hydroxylation is 2. The molecule has 0 fully saturated rings. The van der Waals surface area contributed by atoms with Crippen molar-refractivity contribution in [2.45, 2.75) is 33.6 Å². The molecular formula is C23H23N3O. The minimum Gasteiger partial charge on any atom is -0.369 e. The molecule has 2 aromatic carbocycles. The van der Waals surface area contributed by atoms with Gasteiger partial charge < -0.3 is 9.30 Å². The van der Waals surface area contributed by atoms with Gasteiger partial charge in [-0.25, -0.2) is 4.98 Å². The third-order valence-corrected chi connectivity index (χ3v) is 4.82. The van der Waals surface area contributed by atoms with Crippen LogP contribution in [0.3, 0.4) is 0 Å². The minimum absolute atomic E-state index is 0.474. The van der Waals surface area contributed by atoms with Gasteiger partial charge >= 0.3 is 0 Å². The number of benzene rings is 2. The number of hydrogen-bond acceptors (Lipinski definition) is 3. The van der Waals surface area contributed by atoms with E-state index in [1.807, 2.05) is 18.2 Å². The molecule has 2 aromatic heterocycles. The maximum absolute atomic E-state index is 5.96. The summed E-state index contributed by atoms with van der Waals surface area (Å²) >= 11 is 0. The second kappa shape index (κ2) is 7.72. The van der Waals surface area contributed by atoms with Crippen LogP contribution < -0.4 is 0 Å². The van der Waals surface area contributed by atoms with Crippen LogP contribution in [0, 0.1) is 13.8 Å². The summed E-state index contributed by atoms with van der Waals surface area (Å²) in [5, 5.41) is 0. The van der Waals surface area contributed by atoms with Gasteiger partial charge in [-0.1, -0.05) is 35.9 Å². The van der Waals surface area contributed by atoms with Gasteiger partial charge in [0.1, 0.15) is 12.4 Å². The summed E-state index contributed by atoms with van der Waals surface area (Å²) in [6.45, 7) is 6.11. The summed E-state index contributed by atoms with van der Waals surface area (Å²) in [6.07, 6.45) is 3.57. The summed E-state index contributed by atoms with van der Waals surface area (Å²) in [6, 6.07) is 18.8. The molecule has 0 aliphatic carbocycles. The standard InChI is InChI=1S/C23H23N3O/c1-17-7-8-18(2)20(13-17)14-26-22-6-4-3-5-21(22)25-23(26)16-27-15-19-9-11-24-12-10-19/h3-13H,14-16H2,1-2H3. The third-order valence-electron chi connectivity index (χ3n) is 4.82. The Morgan fingerprint density at radius 2 is 1.74 bits per heavy atom. The number of fused-ring (bicyclic) bond motifs is 1. The van der Waals surface area contributed by atoms with Crippen LogP contribution in [0.2, 0.25) is 0 Å². The number of nitrogens with zero attached hydrogens (tertiary/aromatic N) is 3. The summed E-state index contributed by atoms with van der Waals surface area (Å²) in [7, 11) is 0. The van der Waals surface area contributed by atoms with E-state index in [0.29, 0.717) is 13.2 Å². The largest absolute Gasteiger partial charge is 0.369 e. The van der Waals surface area contributed by atoms with E-state index in [-0.39, 0.29) is 0 Å². The first-order valence-electron chi connectivity index (χ1n) is 9.17. The molecule has 0 spiro atoms. The maximum Gasteiger partial charge on any atom is 0.136 e. The molecule has 4 rings (SSSR count). The van der Waals surface area contributed by atoms with Gasteiger partial charge in [0.05, 0.1) is 17.6 Å². The summed E-state index contributed by atoms with van der Waals surface area (Å²) in [5.41, 5.74) is 7.14. The van der Waals surface area contributed by atoms with E-state index in [9.17, 15) is 0 Å². The van der Waals surface area contributed by atoms with Crippen molar-refractivity contribution in [1.82, 2.24) is 14.5 Å². The molecule has 0 amide bonds. The van der Waals surface area contributed by atoms with Crippen LogP contribution in [-0.2, 0) is 24.5 Å². The highest BCUT2D eigenvalue weighted by atomic mass is 16.5. The fourth-order valence-electron chi connectivity index (χ4n) is 3.29. The molecule has 4 nitrogen and oxygen atoms in total. The number of aromatic nitrogens is 3. The molecule has 0 atom stereocenters. The average Bonchev–Trinajstić information content (AvgIpc) is 3.03. The second-order valence-electron chi connectivity index (χ2n) is 6.88. The van der Waals surface area contributed by atoms with Crippen LogP contribution in [0.5, 0.6) is 0 Å². The van der Waals surface area contributed by atoms with Crippen molar-refractivity contribution in [3.05, 3.63) is 95.1 Å². The number of rotatable bonds is 6. The highest BCUT2D eigenvalue weighted by Crippen LogP contribution is 2.21. The highest BCUT2D eigenvalue weighted by molar-refractivity contribution is 5.76. The van der Waals surface area contributed by atoms with Gasteiger partial charge in [-0.15, -0.1) is 0 Å². The zero-order valence-corrected chi connectivity index (χ0v) is 15.7. The Kier molecular flexibility index (Phi) is 4.99. The Bertz CT molecular complexity index is 1050. The van der Waals surface area contributed by atoms with Crippen molar-refractivity contribution in [2.24, 2.45) is 0 Å². The number of hydrogen-bond donors (Lipinski definition) is 0. The zero-order valence-electron chi connectivity index (χ0n) is 15.7. The van der Waals surface area contributed by atoms with E-state index < -0.39 is 0 Å². The molecule has 0 N–H and O–H groups in total. The molecule has 0 aliphatic rings. The van der Waals surface area contributed by atoms with Gasteiger partial charge in [0, 0.05) is 18.9 Å². The summed E-state index contributed by atoms with van der Waals surface area (Å²) in [5.74, 6) is 0.950. The molecule has 0 radical (unpaired) electrons. The van der Waals surface area contributed by atoms with Crippen molar-refractivity contribution >= 4 is 11.0 Å².